The molecule has 1 unspecified atom stereocenters. The van der Waals surface area contributed by atoms with Gasteiger partial charge in [0.05, 0.1) is 19.8 Å². The Morgan fingerprint density at radius 3 is 2.52 bits per heavy atom. The van der Waals surface area contributed by atoms with E-state index in [2.05, 4.69) is 9.89 Å². The lowest BCUT2D eigenvalue weighted by atomic mass is 10.1. The Morgan fingerprint density at radius 1 is 1.15 bits per heavy atom. The van der Waals surface area contributed by atoms with Crippen LogP contribution in [0.2, 0.25) is 0 Å². The van der Waals surface area contributed by atoms with Gasteiger partial charge in [-0.2, -0.15) is 0 Å². The largest absolute Gasteiger partial charge is 0.379 e. The van der Waals surface area contributed by atoms with E-state index >= 15 is 0 Å². The third kappa shape index (κ3) is 4.39. The average Bonchev–Trinajstić information content (AvgIpc) is 2.87. The molecule has 0 bridgehead atoms. The number of hydrogen-bond donors (Lipinski definition) is 0. The molecule has 3 rings (SSSR count). The van der Waals surface area contributed by atoms with E-state index < -0.39 is 21.2 Å². The molecule has 2 aliphatic rings. The highest BCUT2D eigenvalue weighted by atomic mass is 32.2. The second-order valence-corrected chi connectivity index (χ2v) is 8.73. The molecule has 7 nitrogen and oxygen atoms in total. The van der Waals surface area contributed by atoms with Crippen LogP contribution in [0.4, 0.5) is 0 Å². The normalized spacial score (nSPS) is 24.6. The molecule has 2 heterocycles. The molecule has 1 aromatic carbocycles. The summed E-state index contributed by atoms with van der Waals surface area (Å²) in [4.78, 5) is 19.6. The van der Waals surface area contributed by atoms with Crippen molar-refractivity contribution in [3.05, 3.63) is 35.9 Å². The molecule has 148 valence electrons. The summed E-state index contributed by atoms with van der Waals surface area (Å²) in [6.45, 7) is 6.34. The number of morpholine rings is 1. The van der Waals surface area contributed by atoms with Gasteiger partial charge in [0, 0.05) is 26.2 Å². The van der Waals surface area contributed by atoms with E-state index in [0.29, 0.717) is 38.3 Å². The summed E-state index contributed by atoms with van der Waals surface area (Å²) >= 11 is 0. The Balaban J connectivity index is 1.85. The van der Waals surface area contributed by atoms with Gasteiger partial charge in [0.1, 0.15) is 5.71 Å². The average molecular weight is 394 g/mol. The van der Waals surface area contributed by atoms with Crippen molar-refractivity contribution >= 4 is 21.6 Å². The van der Waals surface area contributed by atoms with Crippen LogP contribution in [0.3, 0.4) is 0 Å². The van der Waals surface area contributed by atoms with Crippen LogP contribution in [-0.2, 0) is 19.6 Å². The second kappa shape index (κ2) is 8.95. The molecule has 0 saturated carbocycles. The first-order chi connectivity index (χ1) is 13.1. The molecule has 0 spiro atoms. The molecule has 1 aromatic rings. The zero-order chi connectivity index (χ0) is 19.3. The highest BCUT2D eigenvalue weighted by Crippen LogP contribution is 2.34. The lowest BCUT2D eigenvalue weighted by Crippen LogP contribution is -2.38. The van der Waals surface area contributed by atoms with Crippen LogP contribution in [0.1, 0.15) is 30.6 Å². The molecule has 2 aliphatic heterocycles. The van der Waals surface area contributed by atoms with Crippen molar-refractivity contribution in [1.82, 2.24) is 9.21 Å². The van der Waals surface area contributed by atoms with Crippen molar-refractivity contribution < 1.29 is 17.9 Å². The molecule has 8 heteroatoms. The highest BCUT2D eigenvalue weighted by molar-refractivity contribution is 7.91. The fraction of sp³-hybridized carbons (Fsp3) is 0.579. The number of nitrogens with zero attached hydrogens (tertiary/aromatic N) is 3. The molecule has 0 aromatic heterocycles. The van der Waals surface area contributed by atoms with Crippen molar-refractivity contribution in [2.75, 3.05) is 45.9 Å². The zero-order valence-corrected chi connectivity index (χ0v) is 16.5. The Morgan fingerprint density at radius 2 is 1.85 bits per heavy atom. The summed E-state index contributed by atoms with van der Waals surface area (Å²) in [6, 6.07) is 8.90. The maximum Gasteiger partial charge on any atom is 0.283 e. The van der Waals surface area contributed by atoms with Crippen molar-refractivity contribution in [2.24, 2.45) is 4.99 Å². The zero-order valence-electron chi connectivity index (χ0n) is 15.7. The summed E-state index contributed by atoms with van der Waals surface area (Å²) in [5.41, 5.74) is 0.737. The van der Waals surface area contributed by atoms with E-state index in [9.17, 15) is 13.2 Å². The molecule has 1 atom stereocenters. The number of benzene rings is 1. The Hall–Kier alpha value is -1.77. The topological polar surface area (TPSA) is 79.3 Å². The van der Waals surface area contributed by atoms with Crippen molar-refractivity contribution in [1.29, 1.82) is 0 Å². The summed E-state index contributed by atoms with van der Waals surface area (Å²) in [7, 11) is -3.79. The first-order valence-electron chi connectivity index (χ1n) is 9.51. The second-order valence-electron chi connectivity index (χ2n) is 6.79. The quantitative estimate of drug-likeness (QED) is 0.701. The fourth-order valence-corrected chi connectivity index (χ4v) is 5.32. The first kappa shape index (κ1) is 20.0. The SMILES string of the molecule is CCCCN1C(=O)C(=NCCN2CCOCC2)C(c2ccccc2)S1(=O)=O. The predicted molar refractivity (Wildman–Crippen MR) is 104 cm³/mol. The minimum Gasteiger partial charge on any atom is -0.379 e. The summed E-state index contributed by atoms with van der Waals surface area (Å²) in [6.07, 6.45) is 1.46. The smallest absolute Gasteiger partial charge is 0.283 e. The Labute approximate surface area is 161 Å². The number of ether oxygens (including phenoxy) is 1. The number of amides is 1. The molecule has 2 fully saturated rings. The molecular weight excluding hydrogens is 366 g/mol. The third-order valence-corrected chi connectivity index (χ3v) is 6.97. The molecule has 2 saturated heterocycles. The number of rotatable bonds is 7. The number of unbranched alkanes of at least 4 members (excludes halogenated alkanes) is 1. The number of sulfonamides is 1. The van der Waals surface area contributed by atoms with Crippen LogP contribution in [0.25, 0.3) is 0 Å². The van der Waals surface area contributed by atoms with E-state index in [-0.39, 0.29) is 12.3 Å². The minimum atomic E-state index is -3.79. The Kier molecular flexibility index (Phi) is 6.62. The summed E-state index contributed by atoms with van der Waals surface area (Å²) in [5, 5.41) is -1.01. The number of carbonyl (C=O) groups excluding carboxylic acids is 1. The van der Waals surface area contributed by atoms with Gasteiger partial charge in [0.2, 0.25) is 0 Å². The van der Waals surface area contributed by atoms with Gasteiger partial charge in [-0.1, -0.05) is 43.7 Å². The third-order valence-electron chi connectivity index (χ3n) is 4.92. The number of aliphatic imine (C=N–C) groups is 1. The summed E-state index contributed by atoms with van der Waals surface area (Å²) in [5.74, 6) is -0.473. The molecule has 1 amide bonds. The van der Waals surface area contributed by atoms with Crippen molar-refractivity contribution in [3.63, 3.8) is 0 Å². The standard InChI is InChI=1S/C19H27N3O4S/c1-2-3-10-22-19(23)17(20-9-11-21-12-14-26-15-13-21)18(27(22,24)25)16-7-5-4-6-8-16/h4-8,18H,2-3,9-15H2,1H3. The van der Waals surface area contributed by atoms with Gasteiger partial charge >= 0.3 is 0 Å². The molecular formula is C19H27N3O4S. The van der Waals surface area contributed by atoms with E-state index in [0.717, 1.165) is 23.8 Å². The van der Waals surface area contributed by atoms with Crippen LogP contribution in [0.15, 0.2) is 35.3 Å². The van der Waals surface area contributed by atoms with Crippen LogP contribution in [-0.4, -0.2) is 75.2 Å². The van der Waals surface area contributed by atoms with Crippen molar-refractivity contribution in [3.8, 4) is 0 Å². The fourth-order valence-electron chi connectivity index (χ4n) is 3.40. The van der Waals surface area contributed by atoms with Gasteiger partial charge in [-0.15, -0.1) is 0 Å². The van der Waals surface area contributed by atoms with Gasteiger partial charge in [0.25, 0.3) is 15.9 Å². The van der Waals surface area contributed by atoms with Crippen LogP contribution in [0.5, 0.6) is 0 Å². The first-order valence-corrected chi connectivity index (χ1v) is 11.0. The highest BCUT2D eigenvalue weighted by Gasteiger charge is 2.50. The van der Waals surface area contributed by atoms with Gasteiger partial charge in [-0.05, 0) is 12.0 Å². The maximum absolute atomic E-state index is 13.1. The monoisotopic (exact) mass is 393 g/mol. The van der Waals surface area contributed by atoms with Crippen LogP contribution in [0, 0.1) is 0 Å². The number of hydrogen-bond acceptors (Lipinski definition) is 6. The Bertz CT molecular complexity index is 773. The predicted octanol–water partition coefficient (Wildman–Crippen LogP) is 1.47. The van der Waals surface area contributed by atoms with E-state index in [1.165, 1.54) is 0 Å². The van der Waals surface area contributed by atoms with E-state index in [1.54, 1.807) is 24.3 Å². The molecule has 0 N–H and O–H groups in total. The maximum atomic E-state index is 13.1. The van der Waals surface area contributed by atoms with Gasteiger partial charge in [-0.25, -0.2) is 12.7 Å². The van der Waals surface area contributed by atoms with Gasteiger partial charge in [-0.3, -0.25) is 14.7 Å². The van der Waals surface area contributed by atoms with E-state index in [1.807, 2.05) is 13.0 Å². The molecule has 27 heavy (non-hydrogen) atoms. The van der Waals surface area contributed by atoms with Crippen LogP contribution < -0.4 is 0 Å². The minimum absolute atomic E-state index is 0.144. The molecule has 0 aliphatic carbocycles. The van der Waals surface area contributed by atoms with Crippen molar-refractivity contribution in [2.45, 2.75) is 25.0 Å². The van der Waals surface area contributed by atoms with Crippen LogP contribution >= 0.6 is 0 Å². The molecule has 0 radical (unpaired) electrons. The van der Waals surface area contributed by atoms with Gasteiger partial charge < -0.3 is 4.74 Å². The number of carbonyl (C=O) groups is 1. The van der Waals surface area contributed by atoms with Gasteiger partial charge in [0.15, 0.2) is 5.25 Å². The van der Waals surface area contributed by atoms with E-state index in [4.69, 9.17) is 4.74 Å². The lowest BCUT2D eigenvalue weighted by Gasteiger charge is -2.25. The lowest BCUT2D eigenvalue weighted by molar-refractivity contribution is -0.119. The summed E-state index contributed by atoms with van der Waals surface area (Å²) < 4.78 is 32.5.